The minimum atomic E-state index is -0.269. The molecule has 11 heteroatoms. The van der Waals surface area contributed by atoms with E-state index in [1.807, 2.05) is 70.3 Å². The lowest BCUT2D eigenvalue weighted by molar-refractivity contribution is 0.0934. The van der Waals surface area contributed by atoms with E-state index in [9.17, 15) is 4.79 Å². The van der Waals surface area contributed by atoms with E-state index in [2.05, 4.69) is 45.9 Å². The van der Waals surface area contributed by atoms with Crippen LogP contribution in [-0.4, -0.2) is 45.8 Å². The predicted octanol–water partition coefficient (Wildman–Crippen LogP) is 4.00. The molecule has 37 heavy (non-hydrogen) atoms. The number of carbonyl (C=O) groups excluding carboxylic acids is 1. The van der Waals surface area contributed by atoms with Gasteiger partial charge in [-0.15, -0.1) is 0 Å². The Bertz CT molecular complexity index is 1540. The number of nitrogens with one attached hydrogen (secondary N) is 3. The van der Waals surface area contributed by atoms with Crippen LogP contribution >= 0.6 is 0 Å². The van der Waals surface area contributed by atoms with Crippen LogP contribution in [-0.2, 0) is 0 Å². The third-order valence-corrected chi connectivity index (χ3v) is 5.73. The summed E-state index contributed by atoms with van der Waals surface area (Å²) in [6.07, 6.45) is 6.87. The van der Waals surface area contributed by atoms with Crippen molar-refractivity contribution in [3.8, 4) is 17.2 Å². The number of H-pyrrole nitrogens is 1. The largest absolute Gasteiger partial charge is 0.344 e. The second kappa shape index (κ2) is 9.97. The van der Waals surface area contributed by atoms with E-state index in [4.69, 9.17) is 0 Å². The number of pyridine rings is 2. The number of carbonyl (C=O) groups is 1. The molecule has 0 aliphatic heterocycles. The van der Waals surface area contributed by atoms with Crippen LogP contribution in [0.1, 0.15) is 46.0 Å². The number of aryl methyl sites for hydroxylation is 3. The fourth-order valence-corrected chi connectivity index (χ4v) is 3.85. The van der Waals surface area contributed by atoms with Crippen molar-refractivity contribution in [1.29, 1.82) is 0 Å². The Balaban J connectivity index is 1.30. The third kappa shape index (κ3) is 5.35. The molecule has 0 spiro atoms. The van der Waals surface area contributed by atoms with Crippen molar-refractivity contribution >= 4 is 17.5 Å². The van der Waals surface area contributed by atoms with E-state index in [-0.39, 0.29) is 11.9 Å². The van der Waals surface area contributed by atoms with Gasteiger partial charge in [-0.3, -0.25) is 14.9 Å². The Hall–Kier alpha value is -4.93. The lowest BCUT2D eigenvalue weighted by Gasteiger charge is -2.15. The molecule has 5 aromatic rings. The van der Waals surface area contributed by atoms with Gasteiger partial charge >= 0.3 is 0 Å². The van der Waals surface area contributed by atoms with Gasteiger partial charge in [0.1, 0.15) is 11.5 Å². The van der Waals surface area contributed by atoms with Crippen LogP contribution in [0.5, 0.6) is 0 Å². The quantitative estimate of drug-likeness (QED) is 0.308. The van der Waals surface area contributed by atoms with Crippen molar-refractivity contribution in [3.63, 3.8) is 0 Å². The van der Waals surface area contributed by atoms with Crippen LogP contribution in [0.2, 0.25) is 0 Å². The van der Waals surface area contributed by atoms with Crippen molar-refractivity contribution in [2.24, 2.45) is 0 Å². The Labute approximate surface area is 213 Å². The Morgan fingerprint density at radius 1 is 1.03 bits per heavy atom. The van der Waals surface area contributed by atoms with Gasteiger partial charge in [-0.25, -0.2) is 19.6 Å². The summed E-state index contributed by atoms with van der Waals surface area (Å²) in [6.45, 7) is 7.57. The van der Waals surface area contributed by atoms with Gasteiger partial charge in [0.2, 0.25) is 0 Å². The summed E-state index contributed by atoms with van der Waals surface area (Å²) in [5, 5.41) is 17.4. The summed E-state index contributed by atoms with van der Waals surface area (Å²) < 4.78 is 1.68. The first-order valence-corrected chi connectivity index (χ1v) is 11.7. The topological polar surface area (TPSA) is 139 Å². The van der Waals surface area contributed by atoms with Crippen molar-refractivity contribution in [3.05, 3.63) is 89.4 Å². The first-order chi connectivity index (χ1) is 17.9. The van der Waals surface area contributed by atoms with Crippen LogP contribution in [0.3, 0.4) is 0 Å². The van der Waals surface area contributed by atoms with Gasteiger partial charge < -0.3 is 10.6 Å². The summed E-state index contributed by atoms with van der Waals surface area (Å²) in [5.41, 5.74) is 4.38. The number of nitrogens with zero attached hydrogens (tertiary/aromatic N) is 7. The number of aromatic amines is 1. The number of amides is 1. The molecule has 11 nitrogen and oxygen atoms in total. The summed E-state index contributed by atoms with van der Waals surface area (Å²) in [7, 11) is 0. The third-order valence-electron chi connectivity index (χ3n) is 5.73. The standard InChI is InChI=1S/C26H26N10O/c1-15-10-20(25-30-16(2)11-21(33-25)32-22-12-17(3)34-35-22)14-28-24(15)26(37)31-18(4)19-6-7-23(27-13-19)36-9-5-8-29-36/h5-14,18H,1-4H3,(H,31,37)(H2,30,32,33,34,35)/t18-/m0/s1. The summed E-state index contributed by atoms with van der Waals surface area (Å²) in [4.78, 5) is 31.0. The minimum Gasteiger partial charge on any atom is -0.344 e. The van der Waals surface area contributed by atoms with Gasteiger partial charge in [0.15, 0.2) is 17.5 Å². The normalized spacial score (nSPS) is 11.8. The highest BCUT2D eigenvalue weighted by molar-refractivity contribution is 5.94. The summed E-state index contributed by atoms with van der Waals surface area (Å²) in [6, 6.07) is 11.0. The molecule has 0 saturated heterocycles. The van der Waals surface area contributed by atoms with E-state index >= 15 is 0 Å². The molecule has 5 aromatic heterocycles. The number of aromatic nitrogens is 8. The molecule has 3 N–H and O–H groups in total. The number of rotatable bonds is 7. The van der Waals surface area contributed by atoms with E-state index < -0.39 is 0 Å². The highest BCUT2D eigenvalue weighted by atomic mass is 16.1. The van der Waals surface area contributed by atoms with Crippen molar-refractivity contribution in [2.75, 3.05) is 5.32 Å². The fraction of sp³-hybridized carbons (Fsp3) is 0.192. The zero-order valence-corrected chi connectivity index (χ0v) is 20.9. The lowest BCUT2D eigenvalue weighted by Crippen LogP contribution is -2.28. The van der Waals surface area contributed by atoms with Gasteiger partial charge in [0, 0.05) is 53.9 Å². The molecular formula is C26H26N10O. The van der Waals surface area contributed by atoms with Crippen LogP contribution in [0.4, 0.5) is 11.6 Å². The second-order valence-corrected chi connectivity index (χ2v) is 8.76. The molecule has 0 aliphatic carbocycles. The van der Waals surface area contributed by atoms with Gasteiger partial charge in [-0.05, 0) is 57.0 Å². The highest BCUT2D eigenvalue weighted by Crippen LogP contribution is 2.22. The van der Waals surface area contributed by atoms with Gasteiger partial charge in [0.25, 0.3) is 5.91 Å². The van der Waals surface area contributed by atoms with Crippen LogP contribution in [0.25, 0.3) is 17.2 Å². The summed E-state index contributed by atoms with van der Waals surface area (Å²) in [5.74, 6) is 2.23. The lowest BCUT2D eigenvalue weighted by atomic mass is 10.1. The maximum atomic E-state index is 13.0. The number of hydrogen-bond acceptors (Lipinski definition) is 8. The minimum absolute atomic E-state index is 0.257. The SMILES string of the molecule is Cc1cc(Nc2cc(C)[nH]n2)nc(-c2cnc(C(=O)N[C@@H](C)c3ccc(-n4cccn4)nc3)c(C)c2)n1. The van der Waals surface area contributed by atoms with Gasteiger partial charge in [-0.2, -0.15) is 10.2 Å². The maximum Gasteiger partial charge on any atom is 0.270 e. The zero-order valence-electron chi connectivity index (χ0n) is 20.9. The van der Waals surface area contributed by atoms with Crippen LogP contribution in [0, 0.1) is 20.8 Å². The predicted molar refractivity (Wildman–Crippen MR) is 139 cm³/mol. The first-order valence-electron chi connectivity index (χ1n) is 11.7. The van der Waals surface area contributed by atoms with Crippen molar-refractivity contribution in [1.82, 2.24) is 45.2 Å². The van der Waals surface area contributed by atoms with E-state index in [0.29, 0.717) is 34.5 Å². The number of anilines is 2. The van der Waals surface area contributed by atoms with Gasteiger partial charge in [0.05, 0.1) is 6.04 Å². The van der Waals surface area contributed by atoms with Crippen LogP contribution < -0.4 is 10.6 Å². The average molecular weight is 495 g/mol. The molecule has 5 heterocycles. The van der Waals surface area contributed by atoms with E-state index in [0.717, 1.165) is 22.5 Å². The van der Waals surface area contributed by atoms with Crippen molar-refractivity contribution < 1.29 is 4.79 Å². The molecule has 0 fully saturated rings. The molecule has 0 aliphatic rings. The maximum absolute atomic E-state index is 13.0. The Morgan fingerprint density at radius 3 is 2.57 bits per heavy atom. The van der Waals surface area contributed by atoms with Crippen LogP contribution in [0.15, 0.2) is 61.2 Å². The average Bonchev–Trinajstić information content (AvgIpc) is 3.56. The molecule has 5 rings (SSSR count). The number of hydrogen-bond donors (Lipinski definition) is 3. The highest BCUT2D eigenvalue weighted by Gasteiger charge is 2.17. The Morgan fingerprint density at radius 2 is 1.89 bits per heavy atom. The molecule has 0 aromatic carbocycles. The van der Waals surface area contributed by atoms with E-state index in [1.165, 1.54) is 0 Å². The molecule has 0 unspecified atom stereocenters. The second-order valence-electron chi connectivity index (χ2n) is 8.76. The molecule has 186 valence electrons. The first kappa shape index (κ1) is 23.8. The fourth-order valence-electron chi connectivity index (χ4n) is 3.85. The van der Waals surface area contributed by atoms with Crippen molar-refractivity contribution in [2.45, 2.75) is 33.7 Å². The van der Waals surface area contributed by atoms with E-state index in [1.54, 1.807) is 23.3 Å². The molecule has 0 radical (unpaired) electrons. The van der Waals surface area contributed by atoms with Gasteiger partial charge in [-0.1, -0.05) is 6.07 Å². The summed E-state index contributed by atoms with van der Waals surface area (Å²) >= 11 is 0. The molecule has 0 bridgehead atoms. The molecule has 1 amide bonds. The zero-order chi connectivity index (χ0) is 25.9. The molecular weight excluding hydrogens is 468 g/mol. The molecule has 1 atom stereocenters. The smallest absolute Gasteiger partial charge is 0.270 e. The Kier molecular flexibility index (Phi) is 6.42. The molecule has 0 saturated carbocycles. The monoisotopic (exact) mass is 494 g/mol.